The van der Waals surface area contributed by atoms with E-state index in [0.29, 0.717) is 42.0 Å². The highest BCUT2D eigenvalue weighted by molar-refractivity contribution is 5.99. The Bertz CT molecular complexity index is 1460. The molecule has 2 fully saturated rings. The van der Waals surface area contributed by atoms with Gasteiger partial charge in [-0.1, -0.05) is 12.1 Å². The summed E-state index contributed by atoms with van der Waals surface area (Å²) in [6, 6.07) is 3.49. The molecule has 5 rings (SSSR count). The van der Waals surface area contributed by atoms with Gasteiger partial charge in [0.05, 0.1) is 22.4 Å². The van der Waals surface area contributed by atoms with Crippen molar-refractivity contribution in [3.05, 3.63) is 61.8 Å². The first-order valence-corrected chi connectivity index (χ1v) is 12.1. The van der Waals surface area contributed by atoms with Crippen molar-refractivity contribution >= 4 is 22.3 Å². The third-order valence-corrected chi connectivity index (χ3v) is 7.21. The predicted molar refractivity (Wildman–Crippen MR) is 133 cm³/mol. The molecule has 2 aromatic heterocycles. The van der Waals surface area contributed by atoms with Gasteiger partial charge in [0, 0.05) is 38.4 Å². The van der Waals surface area contributed by atoms with Gasteiger partial charge >= 0.3 is 6.18 Å². The minimum Gasteiger partial charge on any atom is -0.365 e. The highest BCUT2D eigenvalue weighted by Crippen LogP contribution is 2.38. The smallest absolute Gasteiger partial charge is 0.365 e. The van der Waals surface area contributed by atoms with Crippen LogP contribution in [0.2, 0.25) is 0 Å². The summed E-state index contributed by atoms with van der Waals surface area (Å²) in [5.41, 5.74) is 5.70. The molecule has 2 aliphatic rings. The topological polar surface area (TPSA) is 98.2 Å². The number of pyridine rings is 1. The molecule has 3 heterocycles. The van der Waals surface area contributed by atoms with Crippen molar-refractivity contribution in [2.75, 3.05) is 23.3 Å². The van der Waals surface area contributed by atoms with Crippen LogP contribution in [0.4, 0.5) is 24.7 Å². The van der Waals surface area contributed by atoms with Gasteiger partial charge in [-0.2, -0.15) is 18.3 Å². The Kier molecular flexibility index (Phi) is 5.85. The Morgan fingerprint density at radius 2 is 1.89 bits per heavy atom. The van der Waals surface area contributed by atoms with Crippen LogP contribution in [0.3, 0.4) is 0 Å². The number of halogens is 3. The fourth-order valence-electron chi connectivity index (χ4n) is 5.15. The van der Waals surface area contributed by atoms with Crippen molar-refractivity contribution < 1.29 is 13.2 Å². The van der Waals surface area contributed by atoms with Gasteiger partial charge in [0.1, 0.15) is 5.69 Å². The van der Waals surface area contributed by atoms with Crippen molar-refractivity contribution in [2.45, 2.75) is 57.4 Å². The van der Waals surface area contributed by atoms with E-state index in [1.165, 1.54) is 20.0 Å². The van der Waals surface area contributed by atoms with E-state index >= 15 is 0 Å². The van der Waals surface area contributed by atoms with Gasteiger partial charge in [0.15, 0.2) is 5.82 Å². The van der Waals surface area contributed by atoms with E-state index in [1.807, 2.05) is 4.90 Å². The molecular formula is C25H29F3N6O2. The van der Waals surface area contributed by atoms with Gasteiger partial charge in [-0.25, -0.2) is 4.68 Å². The molecule has 0 bridgehead atoms. The van der Waals surface area contributed by atoms with E-state index < -0.39 is 23.3 Å². The van der Waals surface area contributed by atoms with Crippen LogP contribution in [-0.4, -0.2) is 33.5 Å². The van der Waals surface area contributed by atoms with Gasteiger partial charge in [-0.05, 0) is 50.3 Å². The number of aromatic nitrogens is 3. The van der Waals surface area contributed by atoms with E-state index in [4.69, 9.17) is 5.73 Å². The van der Waals surface area contributed by atoms with E-state index in [9.17, 15) is 22.8 Å². The second-order valence-corrected chi connectivity index (χ2v) is 9.87. The maximum absolute atomic E-state index is 13.5. The standard InChI is InChI=1S/C25H29F3N6O2/c1-13-17(5-4-6-19(13)25(26,27)28)14(2)30-22-18-12-34(16-7-8-16)24(36)21(33-10-9-15(29)11-33)20(18)23(35)32(3)31-22/h4-6,12,14-16H,7-11,29H2,1-3H3,(H,30,31)/t14-,15-/m1/s1. The fourth-order valence-corrected chi connectivity index (χ4v) is 5.15. The summed E-state index contributed by atoms with van der Waals surface area (Å²) in [7, 11) is 1.50. The predicted octanol–water partition coefficient (Wildman–Crippen LogP) is 3.47. The van der Waals surface area contributed by atoms with Crippen LogP contribution in [-0.2, 0) is 13.2 Å². The average molecular weight is 503 g/mol. The fraction of sp³-hybridized carbons (Fsp3) is 0.480. The second-order valence-electron chi connectivity index (χ2n) is 9.87. The van der Waals surface area contributed by atoms with Crippen LogP contribution in [0.15, 0.2) is 34.0 Å². The Morgan fingerprint density at radius 1 is 1.17 bits per heavy atom. The number of benzene rings is 1. The minimum atomic E-state index is -4.47. The number of nitrogens with one attached hydrogen (secondary N) is 1. The molecule has 1 aliphatic heterocycles. The molecule has 36 heavy (non-hydrogen) atoms. The zero-order chi connectivity index (χ0) is 25.9. The molecule has 3 N–H and O–H groups in total. The van der Waals surface area contributed by atoms with Gasteiger partial charge in [-0.15, -0.1) is 0 Å². The van der Waals surface area contributed by atoms with Crippen molar-refractivity contribution in [3.8, 4) is 0 Å². The number of rotatable bonds is 5. The highest BCUT2D eigenvalue weighted by atomic mass is 19.4. The number of nitrogens with two attached hydrogens (primary N) is 1. The maximum Gasteiger partial charge on any atom is 0.416 e. The van der Waals surface area contributed by atoms with E-state index in [2.05, 4.69) is 10.4 Å². The molecular weight excluding hydrogens is 473 g/mol. The van der Waals surface area contributed by atoms with Crippen LogP contribution in [0.1, 0.15) is 55.0 Å². The molecule has 0 spiro atoms. The van der Waals surface area contributed by atoms with Crippen molar-refractivity contribution in [3.63, 3.8) is 0 Å². The van der Waals surface area contributed by atoms with Crippen LogP contribution in [0.25, 0.3) is 10.8 Å². The number of anilines is 2. The second kappa shape index (κ2) is 8.65. The van der Waals surface area contributed by atoms with E-state index in [1.54, 1.807) is 23.8 Å². The maximum atomic E-state index is 13.5. The van der Waals surface area contributed by atoms with Crippen molar-refractivity contribution in [1.29, 1.82) is 0 Å². The van der Waals surface area contributed by atoms with Crippen LogP contribution in [0, 0.1) is 6.92 Å². The normalized spacial score (nSPS) is 19.2. The lowest BCUT2D eigenvalue weighted by Gasteiger charge is -2.24. The molecule has 1 saturated heterocycles. The lowest BCUT2D eigenvalue weighted by Crippen LogP contribution is -2.35. The van der Waals surface area contributed by atoms with Gasteiger partial charge in [-0.3, -0.25) is 9.59 Å². The summed E-state index contributed by atoms with van der Waals surface area (Å²) >= 11 is 0. The zero-order valence-corrected chi connectivity index (χ0v) is 20.4. The van der Waals surface area contributed by atoms with Crippen LogP contribution >= 0.6 is 0 Å². The van der Waals surface area contributed by atoms with Gasteiger partial charge < -0.3 is 20.5 Å². The first-order valence-electron chi connectivity index (χ1n) is 12.1. The Hall–Kier alpha value is -3.34. The Balaban J connectivity index is 1.67. The van der Waals surface area contributed by atoms with Crippen molar-refractivity contribution in [2.24, 2.45) is 12.8 Å². The summed E-state index contributed by atoms with van der Waals surface area (Å²) in [4.78, 5) is 28.7. The molecule has 2 atom stereocenters. The van der Waals surface area contributed by atoms with Gasteiger partial charge in [0.2, 0.25) is 0 Å². The highest BCUT2D eigenvalue weighted by Gasteiger charge is 2.34. The monoisotopic (exact) mass is 502 g/mol. The number of aryl methyl sites for hydroxylation is 1. The molecule has 8 nitrogen and oxygen atoms in total. The molecule has 1 aromatic carbocycles. The molecule has 1 saturated carbocycles. The Morgan fingerprint density at radius 3 is 2.50 bits per heavy atom. The third kappa shape index (κ3) is 4.15. The molecule has 192 valence electrons. The van der Waals surface area contributed by atoms with Crippen molar-refractivity contribution in [1.82, 2.24) is 14.3 Å². The van der Waals surface area contributed by atoms with Gasteiger partial charge in [0.25, 0.3) is 11.1 Å². The summed E-state index contributed by atoms with van der Waals surface area (Å²) in [6.07, 6.45) is -0.359. The number of alkyl halides is 3. The van der Waals surface area contributed by atoms with E-state index in [0.717, 1.165) is 23.6 Å². The molecule has 0 amide bonds. The lowest BCUT2D eigenvalue weighted by atomic mass is 9.97. The van der Waals surface area contributed by atoms with E-state index in [-0.39, 0.29) is 28.6 Å². The number of hydrogen-bond donors (Lipinski definition) is 2. The zero-order valence-electron chi connectivity index (χ0n) is 20.4. The Labute approximate surface area is 205 Å². The summed E-state index contributed by atoms with van der Waals surface area (Å²) in [5, 5.41) is 8.36. The molecule has 1 aliphatic carbocycles. The SMILES string of the molecule is Cc1c([C@@H](C)Nc2nn(C)c(=O)c3c(N4CC[C@@H](N)C4)c(=O)n(C4CC4)cc23)cccc1C(F)(F)F. The first kappa shape index (κ1) is 24.4. The third-order valence-electron chi connectivity index (χ3n) is 7.21. The molecule has 0 unspecified atom stereocenters. The number of nitrogens with zero attached hydrogens (tertiary/aromatic N) is 4. The number of hydrogen-bond acceptors (Lipinski definition) is 6. The molecule has 0 radical (unpaired) electrons. The largest absolute Gasteiger partial charge is 0.416 e. The molecule has 11 heteroatoms. The average Bonchev–Trinajstić information content (AvgIpc) is 3.56. The summed E-state index contributed by atoms with van der Waals surface area (Å²) < 4.78 is 43.3. The molecule has 3 aromatic rings. The minimum absolute atomic E-state index is 0.0527. The summed E-state index contributed by atoms with van der Waals surface area (Å²) in [6.45, 7) is 4.22. The van der Waals surface area contributed by atoms with Crippen LogP contribution < -0.4 is 27.1 Å². The summed E-state index contributed by atoms with van der Waals surface area (Å²) in [5.74, 6) is 0.329. The lowest BCUT2D eigenvalue weighted by molar-refractivity contribution is -0.138. The number of fused-ring (bicyclic) bond motifs is 1. The quantitative estimate of drug-likeness (QED) is 0.555. The van der Waals surface area contributed by atoms with Crippen LogP contribution in [0.5, 0.6) is 0 Å². The first-order chi connectivity index (χ1) is 17.0.